The molecule has 1 aromatic carbocycles. The predicted octanol–water partition coefficient (Wildman–Crippen LogP) is 6.47. The van der Waals surface area contributed by atoms with E-state index in [4.69, 9.17) is 18.9 Å². The first kappa shape index (κ1) is 33.9. The van der Waals surface area contributed by atoms with Crippen LogP contribution >= 0.6 is 0 Å². The van der Waals surface area contributed by atoms with Crippen LogP contribution in [-0.2, 0) is 21.0 Å². The molecule has 3 aromatic rings. The van der Waals surface area contributed by atoms with Crippen molar-refractivity contribution in [1.82, 2.24) is 19.7 Å². The summed E-state index contributed by atoms with van der Waals surface area (Å²) in [6.07, 6.45) is -4.18. The van der Waals surface area contributed by atoms with Gasteiger partial charge < -0.3 is 18.9 Å². The number of carbonyl (C=O) groups excluding carboxylic acids is 1. The molecule has 2 heterocycles. The molecular formula is C28H35F5N4O5Si. The molecule has 15 heteroatoms. The van der Waals surface area contributed by atoms with Crippen molar-refractivity contribution in [2.45, 2.75) is 58.4 Å². The van der Waals surface area contributed by atoms with Gasteiger partial charge >= 0.3 is 24.1 Å². The van der Waals surface area contributed by atoms with Gasteiger partial charge in [-0.25, -0.2) is 4.98 Å². The standard InChI is InChI=1S/C28H35F5N4O5Si/c1-26(2,24(38)39-3)16-41-22-12-11-21(15-34-22)19-7-9-20(10-8-19)23-35-25(42-17-27(29,30)28(31,32)33)37(36-23)18-40-13-14-43(4,5)6/h7-12,15H,13-14,16-18H2,1-6H3. The van der Waals surface area contributed by atoms with E-state index in [0.717, 1.165) is 21.9 Å². The van der Waals surface area contributed by atoms with Crippen LogP contribution in [0.5, 0.6) is 11.9 Å². The van der Waals surface area contributed by atoms with Crippen molar-refractivity contribution >= 4 is 14.0 Å². The molecule has 0 aliphatic rings. The van der Waals surface area contributed by atoms with E-state index in [-0.39, 0.29) is 19.2 Å². The maximum Gasteiger partial charge on any atom is 0.456 e. The van der Waals surface area contributed by atoms with E-state index in [9.17, 15) is 26.7 Å². The second-order valence-electron chi connectivity index (χ2n) is 11.7. The van der Waals surface area contributed by atoms with E-state index in [1.54, 1.807) is 56.4 Å². The van der Waals surface area contributed by atoms with Crippen LogP contribution in [0.25, 0.3) is 22.5 Å². The first-order valence-corrected chi connectivity index (χ1v) is 17.0. The van der Waals surface area contributed by atoms with Crippen molar-refractivity contribution in [3.05, 3.63) is 42.6 Å². The van der Waals surface area contributed by atoms with Crippen LogP contribution in [-0.4, -0.2) is 72.8 Å². The van der Waals surface area contributed by atoms with E-state index in [2.05, 4.69) is 34.7 Å². The summed E-state index contributed by atoms with van der Waals surface area (Å²) >= 11 is 0. The fourth-order valence-corrected chi connectivity index (χ4v) is 4.20. The van der Waals surface area contributed by atoms with Gasteiger partial charge in [-0.15, -0.1) is 5.10 Å². The molecule has 0 radical (unpaired) electrons. The second-order valence-corrected chi connectivity index (χ2v) is 17.3. The van der Waals surface area contributed by atoms with Crippen molar-refractivity contribution in [2.24, 2.45) is 5.41 Å². The third-order valence-electron chi connectivity index (χ3n) is 6.18. The van der Waals surface area contributed by atoms with Crippen molar-refractivity contribution in [1.29, 1.82) is 0 Å². The van der Waals surface area contributed by atoms with Gasteiger partial charge in [0.2, 0.25) is 5.88 Å². The molecule has 0 bridgehead atoms. The molecule has 0 N–H and O–H groups in total. The summed E-state index contributed by atoms with van der Waals surface area (Å²) < 4.78 is 86.9. The van der Waals surface area contributed by atoms with E-state index >= 15 is 0 Å². The number of esters is 1. The number of hydrogen-bond donors (Lipinski definition) is 0. The third-order valence-corrected chi connectivity index (χ3v) is 7.88. The monoisotopic (exact) mass is 630 g/mol. The zero-order valence-electron chi connectivity index (χ0n) is 24.8. The Labute approximate surface area is 247 Å². The number of alkyl halides is 5. The van der Waals surface area contributed by atoms with Crippen LogP contribution in [0, 0.1) is 5.41 Å². The van der Waals surface area contributed by atoms with Crippen molar-refractivity contribution < 1.29 is 45.7 Å². The van der Waals surface area contributed by atoms with Gasteiger partial charge in [-0.2, -0.15) is 31.6 Å². The SMILES string of the molecule is COC(=O)C(C)(C)COc1ccc(-c2ccc(-c3nc(OCC(F)(F)C(F)(F)F)n(COCC[Si](C)(C)C)n3)cc2)cn1. The maximum atomic E-state index is 13.5. The van der Waals surface area contributed by atoms with Gasteiger partial charge in [0.1, 0.15) is 13.3 Å². The van der Waals surface area contributed by atoms with E-state index in [1.165, 1.54) is 7.11 Å². The molecule has 236 valence electrons. The minimum atomic E-state index is -5.77. The highest BCUT2D eigenvalue weighted by atomic mass is 28.3. The van der Waals surface area contributed by atoms with Crippen molar-refractivity contribution in [3.63, 3.8) is 0 Å². The van der Waals surface area contributed by atoms with Gasteiger partial charge in [0.25, 0.3) is 0 Å². The Bertz CT molecular complexity index is 1360. The lowest BCUT2D eigenvalue weighted by molar-refractivity contribution is -0.290. The van der Waals surface area contributed by atoms with E-state index in [0.29, 0.717) is 18.1 Å². The number of aromatic nitrogens is 4. The maximum absolute atomic E-state index is 13.5. The fourth-order valence-electron chi connectivity index (χ4n) is 3.45. The summed E-state index contributed by atoms with van der Waals surface area (Å²) in [4.78, 5) is 20.2. The smallest absolute Gasteiger partial charge is 0.456 e. The minimum absolute atomic E-state index is 0.0563. The summed E-state index contributed by atoms with van der Waals surface area (Å²) in [6, 6.07) is 10.5. The zero-order valence-corrected chi connectivity index (χ0v) is 25.8. The van der Waals surface area contributed by atoms with Gasteiger partial charge in [0.15, 0.2) is 12.4 Å². The number of carbonyl (C=O) groups is 1. The average molecular weight is 631 g/mol. The molecule has 9 nitrogen and oxygen atoms in total. The van der Waals surface area contributed by atoms with Gasteiger partial charge in [0, 0.05) is 38.1 Å². The van der Waals surface area contributed by atoms with Crippen molar-refractivity contribution in [3.8, 4) is 34.4 Å². The number of nitrogens with zero attached hydrogens (tertiary/aromatic N) is 4. The molecule has 0 atom stereocenters. The highest BCUT2D eigenvalue weighted by Crippen LogP contribution is 2.36. The number of methoxy groups -OCH3 is 1. The first-order valence-electron chi connectivity index (χ1n) is 13.3. The molecule has 43 heavy (non-hydrogen) atoms. The van der Waals surface area contributed by atoms with Gasteiger partial charge in [0.05, 0.1) is 12.5 Å². The normalized spacial score (nSPS) is 12.7. The molecule has 0 aliphatic carbocycles. The zero-order chi connectivity index (χ0) is 32.1. The Morgan fingerprint density at radius 3 is 2.09 bits per heavy atom. The third kappa shape index (κ3) is 9.45. The number of rotatable bonds is 14. The molecule has 0 saturated carbocycles. The quantitative estimate of drug-likeness (QED) is 0.0865. The van der Waals surface area contributed by atoms with Crippen LogP contribution < -0.4 is 9.47 Å². The lowest BCUT2D eigenvalue weighted by Crippen LogP contribution is -2.42. The molecular weight excluding hydrogens is 595 g/mol. The molecule has 0 fully saturated rings. The Balaban J connectivity index is 1.74. The number of pyridine rings is 1. The largest absolute Gasteiger partial charge is 0.476 e. The van der Waals surface area contributed by atoms with Crippen LogP contribution in [0.1, 0.15) is 13.8 Å². The Morgan fingerprint density at radius 1 is 0.907 bits per heavy atom. The molecule has 2 aromatic heterocycles. The number of benzene rings is 1. The lowest BCUT2D eigenvalue weighted by Gasteiger charge is -2.21. The average Bonchev–Trinajstić information content (AvgIpc) is 3.35. The molecule has 0 unspecified atom stereocenters. The Morgan fingerprint density at radius 2 is 1.53 bits per heavy atom. The number of halogens is 5. The second kappa shape index (κ2) is 13.4. The van der Waals surface area contributed by atoms with Crippen LogP contribution in [0.4, 0.5) is 22.0 Å². The molecule has 0 aliphatic heterocycles. The van der Waals surface area contributed by atoms with E-state index in [1.807, 2.05) is 0 Å². The first-order chi connectivity index (χ1) is 19.9. The minimum Gasteiger partial charge on any atom is -0.476 e. The Hall–Kier alpha value is -3.59. The van der Waals surface area contributed by atoms with E-state index < -0.39 is 44.2 Å². The van der Waals surface area contributed by atoms with Gasteiger partial charge in [-0.1, -0.05) is 43.9 Å². The van der Waals surface area contributed by atoms with Gasteiger partial charge in [-0.3, -0.25) is 4.79 Å². The lowest BCUT2D eigenvalue weighted by atomic mass is 9.95. The molecule has 0 spiro atoms. The van der Waals surface area contributed by atoms with Crippen LogP contribution in [0.3, 0.4) is 0 Å². The van der Waals surface area contributed by atoms with Crippen LogP contribution in [0.2, 0.25) is 25.7 Å². The number of ether oxygens (including phenoxy) is 4. The Kier molecular flexibility index (Phi) is 10.5. The highest BCUT2D eigenvalue weighted by molar-refractivity contribution is 6.76. The highest BCUT2D eigenvalue weighted by Gasteiger charge is 2.58. The summed E-state index contributed by atoms with van der Waals surface area (Å²) in [5.41, 5.74) is 1.14. The molecule has 3 rings (SSSR count). The summed E-state index contributed by atoms with van der Waals surface area (Å²) in [6.45, 7) is 8.08. The van der Waals surface area contributed by atoms with Crippen molar-refractivity contribution in [2.75, 3.05) is 26.9 Å². The predicted molar refractivity (Wildman–Crippen MR) is 151 cm³/mol. The molecule has 0 saturated heterocycles. The fraction of sp³-hybridized carbons (Fsp3) is 0.500. The number of hydrogen-bond acceptors (Lipinski definition) is 8. The van der Waals surface area contributed by atoms with Gasteiger partial charge in [-0.05, 0) is 31.5 Å². The summed E-state index contributed by atoms with van der Waals surface area (Å²) in [5.74, 6) is -5.10. The summed E-state index contributed by atoms with van der Waals surface area (Å²) in [7, 11) is -0.119. The topological polar surface area (TPSA) is 97.6 Å². The van der Waals surface area contributed by atoms with Crippen LogP contribution in [0.15, 0.2) is 42.6 Å². The summed E-state index contributed by atoms with van der Waals surface area (Å²) in [5, 5.41) is 4.23. The molecule has 0 amide bonds.